The molecule has 5 nitrogen and oxygen atoms in total. The molecule has 1 fully saturated rings. The maximum atomic E-state index is 14.0. The number of carbonyl (C=O) groups is 2. The van der Waals surface area contributed by atoms with Crippen LogP contribution in [0.1, 0.15) is 71.6 Å². The number of carbonyl (C=O) groups excluding carboxylic acids is 2. The molecule has 1 amide bonds. The van der Waals surface area contributed by atoms with Crippen molar-refractivity contribution in [2.24, 2.45) is 5.92 Å². The number of nitrogens with zero attached hydrogens (tertiary/aromatic N) is 1. The number of aliphatic hydroxyl groups is 1. The molecule has 0 spiro atoms. The number of esters is 1. The molecule has 170 valence electrons. The topological polar surface area (TPSA) is 66.8 Å². The molecular formula is C23H35F2NO4. The monoisotopic (exact) mass is 427 g/mol. The highest BCUT2D eigenvalue weighted by Crippen LogP contribution is 2.34. The van der Waals surface area contributed by atoms with Gasteiger partial charge in [0.05, 0.1) is 19.3 Å². The number of halogens is 2. The van der Waals surface area contributed by atoms with Crippen molar-refractivity contribution >= 4 is 11.9 Å². The number of ether oxygens (including phenoxy) is 1. The lowest BCUT2D eigenvalue weighted by molar-refractivity contribution is -0.148. The first-order chi connectivity index (χ1) is 14.2. The largest absolute Gasteiger partial charge is 0.469 e. The van der Waals surface area contributed by atoms with Crippen LogP contribution in [-0.4, -0.2) is 53.6 Å². The summed E-state index contributed by atoms with van der Waals surface area (Å²) in [4.78, 5) is 24.4. The number of hydrogen-bond donors (Lipinski definition) is 1. The van der Waals surface area contributed by atoms with Crippen molar-refractivity contribution in [3.05, 3.63) is 12.2 Å². The van der Waals surface area contributed by atoms with E-state index in [0.29, 0.717) is 25.7 Å². The van der Waals surface area contributed by atoms with Gasteiger partial charge in [0.1, 0.15) is 0 Å². The van der Waals surface area contributed by atoms with Gasteiger partial charge in [0.2, 0.25) is 0 Å². The molecule has 0 aromatic rings. The number of alkyl halides is 2. The number of amides is 1. The van der Waals surface area contributed by atoms with Crippen molar-refractivity contribution in [1.29, 1.82) is 0 Å². The number of hydrogen-bond acceptors (Lipinski definition) is 4. The Hall–Kier alpha value is -1.94. The molecule has 1 saturated heterocycles. The van der Waals surface area contributed by atoms with Gasteiger partial charge in [0.25, 0.3) is 5.91 Å². The third-order valence-corrected chi connectivity index (χ3v) is 5.23. The standard InChI is InChI=1S/C23H35F2NO4/c1-4-5-6-9-12-18(2)20(27)15-14-19-17-23(24,25)22(29)26(19)16-11-8-7-10-13-21(28)30-3/h14-15,18-20,27H,4-5,7-8,10-13,16-17H2,1-3H3/t18-,19?,20+/m0/s1. The van der Waals surface area contributed by atoms with Gasteiger partial charge in [-0.05, 0) is 25.2 Å². The zero-order valence-electron chi connectivity index (χ0n) is 18.3. The van der Waals surface area contributed by atoms with E-state index >= 15 is 0 Å². The van der Waals surface area contributed by atoms with Crippen LogP contribution in [0.5, 0.6) is 0 Å². The molecule has 7 heteroatoms. The van der Waals surface area contributed by atoms with Crippen LogP contribution in [0.25, 0.3) is 0 Å². The summed E-state index contributed by atoms with van der Waals surface area (Å²) in [7, 11) is 1.34. The van der Waals surface area contributed by atoms with Gasteiger partial charge in [0, 0.05) is 32.2 Å². The Balaban J connectivity index is 2.55. The molecule has 1 aliphatic rings. The number of methoxy groups -OCH3 is 1. The average Bonchev–Trinajstić information content (AvgIpc) is 2.94. The summed E-state index contributed by atoms with van der Waals surface area (Å²) >= 11 is 0. The highest BCUT2D eigenvalue weighted by molar-refractivity contribution is 5.86. The van der Waals surface area contributed by atoms with Crippen molar-refractivity contribution in [3.63, 3.8) is 0 Å². The van der Waals surface area contributed by atoms with Gasteiger partial charge in [-0.25, -0.2) is 0 Å². The first kappa shape index (κ1) is 26.1. The van der Waals surface area contributed by atoms with Crippen molar-refractivity contribution in [2.75, 3.05) is 13.7 Å². The normalized spacial score (nSPS) is 20.1. The van der Waals surface area contributed by atoms with E-state index in [1.807, 2.05) is 13.8 Å². The second-order valence-electron chi connectivity index (χ2n) is 7.88. The van der Waals surface area contributed by atoms with Gasteiger partial charge >= 0.3 is 11.9 Å². The lowest BCUT2D eigenvalue weighted by atomic mass is 9.99. The van der Waals surface area contributed by atoms with Crippen LogP contribution >= 0.6 is 0 Å². The summed E-state index contributed by atoms with van der Waals surface area (Å²) in [5, 5.41) is 10.3. The molecule has 0 bridgehead atoms. The second kappa shape index (κ2) is 13.4. The molecule has 1 heterocycles. The zero-order chi connectivity index (χ0) is 22.6. The van der Waals surface area contributed by atoms with Gasteiger partial charge in [-0.2, -0.15) is 8.78 Å². The van der Waals surface area contributed by atoms with Crippen molar-refractivity contribution < 1.29 is 28.2 Å². The highest BCUT2D eigenvalue weighted by atomic mass is 19.3. The van der Waals surface area contributed by atoms with Crippen LogP contribution in [0.3, 0.4) is 0 Å². The van der Waals surface area contributed by atoms with Crippen molar-refractivity contribution in [2.45, 2.75) is 89.7 Å². The molecule has 0 aliphatic carbocycles. The Morgan fingerprint density at radius 1 is 1.33 bits per heavy atom. The fourth-order valence-electron chi connectivity index (χ4n) is 3.27. The van der Waals surface area contributed by atoms with Gasteiger partial charge in [-0.3, -0.25) is 9.59 Å². The van der Waals surface area contributed by atoms with Crippen LogP contribution in [0.4, 0.5) is 8.78 Å². The van der Waals surface area contributed by atoms with E-state index in [1.165, 1.54) is 24.2 Å². The molecule has 3 atom stereocenters. The summed E-state index contributed by atoms with van der Waals surface area (Å²) in [6.07, 6.45) is 7.08. The van der Waals surface area contributed by atoms with Crippen LogP contribution < -0.4 is 0 Å². The number of likely N-dealkylation sites (tertiary alicyclic amines) is 1. The maximum absolute atomic E-state index is 14.0. The van der Waals surface area contributed by atoms with Crippen LogP contribution in [0.15, 0.2) is 12.2 Å². The molecule has 1 N–H and O–H groups in total. The molecule has 1 unspecified atom stereocenters. The molecule has 0 radical (unpaired) electrons. The first-order valence-corrected chi connectivity index (χ1v) is 10.8. The Morgan fingerprint density at radius 2 is 2.03 bits per heavy atom. The van der Waals surface area contributed by atoms with E-state index in [2.05, 4.69) is 16.6 Å². The van der Waals surface area contributed by atoms with Gasteiger partial charge in [0.15, 0.2) is 0 Å². The SMILES string of the molecule is CCCC#CC[C@H](C)[C@H](O)C=CC1CC(F)(F)C(=O)N1CCCCCCC(=O)OC. The molecule has 30 heavy (non-hydrogen) atoms. The predicted octanol–water partition coefficient (Wildman–Crippen LogP) is 4.09. The Bertz CT molecular complexity index is 639. The number of unbranched alkanes of at least 4 members (excludes halogenated alkanes) is 4. The molecule has 1 aliphatic heterocycles. The summed E-state index contributed by atoms with van der Waals surface area (Å²) < 4.78 is 32.5. The molecular weight excluding hydrogens is 392 g/mol. The van der Waals surface area contributed by atoms with E-state index < -0.39 is 30.4 Å². The Morgan fingerprint density at radius 3 is 2.70 bits per heavy atom. The van der Waals surface area contributed by atoms with Gasteiger partial charge in [-0.1, -0.05) is 38.8 Å². The molecule has 0 aromatic carbocycles. The fraction of sp³-hybridized carbons (Fsp3) is 0.739. The zero-order valence-corrected chi connectivity index (χ0v) is 18.3. The third kappa shape index (κ3) is 8.83. The van der Waals surface area contributed by atoms with E-state index in [1.54, 1.807) is 0 Å². The van der Waals surface area contributed by atoms with E-state index in [9.17, 15) is 23.5 Å². The smallest absolute Gasteiger partial charge is 0.327 e. The molecule has 0 saturated carbocycles. The summed E-state index contributed by atoms with van der Waals surface area (Å²) in [5.74, 6) is 1.14. The molecule has 0 aromatic heterocycles. The summed E-state index contributed by atoms with van der Waals surface area (Å²) in [6.45, 7) is 4.13. The minimum absolute atomic E-state index is 0.119. The number of rotatable bonds is 12. The molecule has 1 rings (SSSR count). The second-order valence-corrected chi connectivity index (χ2v) is 7.88. The lowest BCUT2D eigenvalue weighted by Crippen LogP contribution is -2.36. The third-order valence-electron chi connectivity index (χ3n) is 5.23. The average molecular weight is 428 g/mol. The van der Waals surface area contributed by atoms with Crippen LogP contribution in [-0.2, 0) is 14.3 Å². The Kier molecular flexibility index (Phi) is 11.6. The van der Waals surface area contributed by atoms with Gasteiger partial charge in [-0.15, -0.1) is 11.8 Å². The summed E-state index contributed by atoms with van der Waals surface area (Å²) in [6, 6.07) is -0.726. The summed E-state index contributed by atoms with van der Waals surface area (Å²) in [5.41, 5.74) is 0. The Labute approximate surface area is 178 Å². The minimum Gasteiger partial charge on any atom is -0.469 e. The van der Waals surface area contributed by atoms with Gasteiger partial charge < -0.3 is 14.7 Å². The minimum atomic E-state index is -3.37. The van der Waals surface area contributed by atoms with Crippen LogP contribution in [0.2, 0.25) is 0 Å². The van der Waals surface area contributed by atoms with Crippen molar-refractivity contribution in [3.8, 4) is 11.8 Å². The maximum Gasteiger partial charge on any atom is 0.327 e. The lowest BCUT2D eigenvalue weighted by Gasteiger charge is -2.22. The van der Waals surface area contributed by atoms with Crippen molar-refractivity contribution in [1.82, 2.24) is 4.90 Å². The quantitative estimate of drug-likeness (QED) is 0.220. The van der Waals surface area contributed by atoms with E-state index in [4.69, 9.17) is 0 Å². The van der Waals surface area contributed by atoms with Crippen LogP contribution in [0, 0.1) is 17.8 Å². The highest BCUT2D eigenvalue weighted by Gasteiger charge is 2.52. The first-order valence-electron chi connectivity index (χ1n) is 10.8. The number of aliphatic hydroxyl groups excluding tert-OH is 1. The fourth-order valence-corrected chi connectivity index (χ4v) is 3.27. The predicted molar refractivity (Wildman–Crippen MR) is 112 cm³/mol. The van der Waals surface area contributed by atoms with E-state index in [0.717, 1.165) is 25.7 Å². The van der Waals surface area contributed by atoms with E-state index in [-0.39, 0.29) is 18.4 Å².